The molecule has 0 aliphatic carbocycles. The van der Waals surface area contributed by atoms with Crippen molar-refractivity contribution >= 4 is 9.84 Å². The number of nitrogens with two attached hydrogens (primary N) is 1. The summed E-state index contributed by atoms with van der Waals surface area (Å²) in [4.78, 5) is 0.106. The smallest absolute Gasteiger partial charge is 0.178 e. The van der Waals surface area contributed by atoms with Crippen LogP contribution >= 0.6 is 0 Å². The van der Waals surface area contributed by atoms with Crippen molar-refractivity contribution in [1.82, 2.24) is 9.78 Å². The Hall–Kier alpha value is -1.73. The zero-order valence-electron chi connectivity index (χ0n) is 9.67. The van der Waals surface area contributed by atoms with Gasteiger partial charge in [-0.05, 0) is 23.8 Å². The van der Waals surface area contributed by atoms with Gasteiger partial charge >= 0.3 is 0 Å². The van der Waals surface area contributed by atoms with E-state index in [4.69, 9.17) is 5.73 Å². The molecule has 1 aromatic heterocycles. The van der Waals surface area contributed by atoms with Gasteiger partial charge in [0.2, 0.25) is 0 Å². The highest BCUT2D eigenvalue weighted by Gasteiger charge is 2.12. The fraction of sp³-hybridized carbons (Fsp3) is 0.182. The first kappa shape index (κ1) is 12.7. The summed E-state index contributed by atoms with van der Waals surface area (Å²) in [5.41, 5.74) is 6.64. The second kappa shape index (κ2) is 4.51. The molecule has 2 rings (SSSR count). The number of benzene rings is 1. The number of hydrogen-bond acceptors (Lipinski definition) is 4. The lowest BCUT2D eigenvalue weighted by Gasteiger charge is -2.07. The van der Waals surface area contributed by atoms with E-state index in [2.05, 4.69) is 5.10 Å². The van der Waals surface area contributed by atoms with Gasteiger partial charge in [-0.25, -0.2) is 17.5 Å². The molecule has 1 aromatic carbocycles. The van der Waals surface area contributed by atoms with Crippen molar-refractivity contribution in [2.75, 3.05) is 6.26 Å². The van der Waals surface area contributed by atoms with Crippen molar-refractivity contribution in [3.8, 4) is 5.69 Å². The van der Waals surface area contributed by atoms with E-state index in [1.165, 1.54) is 35.3 Å². The topological polar surface area (TPSA) is 78.0 Å². The molecule has 96 valence electrons. The number of hydrogen-bond donors (Lipinski definition) is 1. The molecule has 0 bridgehead atoms. The molecule has 2 N–H and O–H groups in total. The van der Waals surface area contributed by atoms with Crippen molar-refractivity contribution in [2.24, 2.45) is 5.73 Å². The second-order valence-electron chi connectivity index (χ2n) is 3.87. The molecule has 0 spiro atoms. The SMILES string of the molecule is CS(=O)(=O)c1cnn(-c2ccc(F)cc2CN)c1. The van der Waals surface area contributed by atoms with E-state index < -0.39 is 15.7 Å². The van der Waals surface area contributed by atoms with Crippen LogP contribution in [0.15, 0.2) is 35.5 Å². The minimum absolute atomic E-state index is 0.106. The van der Waals surface area contributed by atoms with Gasteiger partial charge in [-0.1, -0.05) is 0 Å². The standard InChI is InChI=1S/C11H12FN3O2S/c1-18(16,17)10-6-14-15(7-10)11-3-2-9(12)4-8(11)5-13/h2-4,6-7H,5,13H2,1H3. The minimum atomic E-state index is -3.31. The van der Waals surface area contributed by atoms with E-state index >= 15 is 0 Å². The van der Waals surface area contributed by atoms with E-state index in [9.17, 15) is 12.8 Å². The van der Waals surface area contributed by atoms with E-state index in [-0.39, 0.29) is 11.4 Å². The lowest BCUT2D eigenvalue weighted by molar-refractivity contribution is 0.602. The summed E-state index contributed by atoms with van der Waals surface area (Å²) in [5.74, 6) is -0.394. The first-order valence-electron chi connectivity index (χ1n) is 5.15. The van der Waals surface area contributed by atoms with Gasteiger partial charge in [-0.15, -0.1) is 0 Å². The zero-order chi connectivity index (χ0) is 13.3. The summed E-state index contributed by atoms with van der Waals surface area (Å²) in [5, 5.41) is 3.95. The fourth-order valence-electron chi connectivity index (χ4n) is 1.57. The fourth-order valence-corrected chi connectivity index (χ4v) is 2.10. The third-order valence-corrected chi connectivity index (χ3v) is 3.56. The summed E-state index contributed by atoms with van der Waals surface area (Å²) < 4.78 is 37.1. The molecular weight excluding hydrogens is 257 g/mol. The quantitative estimate of drug-likeness (QED) is 0.897. The van der Waals surface area contributed by atoms with Crippen molar-refractivity contribution < 1.29 is 12.8 Å². The summed E-state index contributed by atoms with van der Waals surface area (Å²) >= 11 is 0. The maximum absolute atomic E-state index is 13.1. The predicted molar refractivity (Wildman–Crippen MR) is 64.5 cm³/mol. The Kier molecular flexibility index (Phi) is 3.18. The van der Waals surface area contributed by atoms with Gasteiger partial charge in [0, 0.05) is 19.0 Å². The summed E-state index contributed by atoms with van der Waals surface area (Å²) in [6, 6.07) is 4.09. The average Bonchev–Trinajstić information content (AvgIpc) is 2.77. The molecule has 2 aromatic rings. The number of aromatic nitrogens is 2. The first-order chi connectivity index (χ1) is 8.41. The van der Waals surface area contributed by atoms with Gasteiger partial charge in [0.05, 0.1) is 11.9 Å². The Morgan fingerprint density at radius 3 is 2.72 bits per heavy atom. The normalized spacial score (nSPS) is 11.7. The van der Waals surface area contributed by atoms with Crippen LogP contribution in [0.2, 0.25) is 0 Å². The maximum Gasteiger partial charge on any atom is 0.178 e. The number of rotatable bonds is 3. The van der Waals surface area contributed by atoms with Crippen LogP contribution in [0.3, 0.4) is 0 Å². The van der Waals surface area contributed by atoms with Crippen LogP contribution in [-0.2, 0) is 16.4 Å². The first-order valence-corrected chi connectivity index (χ1v) is 7.04. The zero-order valence-corrected chi connectivity index (χ0v) is 10.5. The monoisotopic (exact) mass is 269 g/mol. The van der Waals surface area contributed by atoms with Gasteiger partial charge in [-0.2, -0.15) is 5.10 Å². The van der Waals surface area contributed by atoms with Crippen LogP contribution in [0.25, 0.3) is 5.69 Å². The summed E-state index contributed by atoms with van der Waals surface area (Å²) in [6.45, 7) is 0.140. The molecule has 1 heterocycles. The van der Waals surface area contributed by atoms with Crippen LogP contribution in [-0.4, -0.2) is 24.5 Å². The minimum Gasteiger partial charge on any atom is -0.326 e. The Morgan fingerprint density at radius 2 is 2.17 bits per heavy atom. The summed E-state index contributed by atoms with van der Waals surface area (Å²) in [7, 11) is -3.31. The van der Waals surface area contributed by atoms with Crippen LogP contribution in [0.1, 0.15) is 5.56 Å². The molecule has 0 aliphatic rings. The molecular formula is C11H12FN3O2S. The molecule has 0 atom stereocenters. The Morgan fingerprint density at radius 1 is 1.44 bits per heavy atom. The average molecular weight is 269 g/mol. The molecule has 0 unspecified atom stereocenters. The highest BCUT2D eigenvalue weighted by molar-refractivity contribution is 7.90. The van der Waals surface area contributed by atoms with Gasteiger partial charge < -0.3 is 5.73 Å². The van der Waals surface area contributed by atoms with Crippen LogP contribution in [0.5, 0.6) is 0 Å². The highest BCUT2D eigenvalue weighted by Crippen LogP contribution is 2.17. The molecule has 0 aliphatic heterocycles. The molecule has 18 heavy (non-hydrogen) atoms. The van der Waals surface area contributed by atoms with Crippen LogP contribution in [0, 0.1) is 5.82 Å². The summed E-state index contributed by atoms with van der Waals surface area (Å²) in [6.07, 6.45) is 3.73. The third kappa shape index (κ3) is 2.41. The lowest BCUT2D eigenvalue weighted by Crippen LogP contribution is -2.05. The van der Waals surface area contributed by atoms with Gasteiger partial charge in [0.1, 0.15) is 10.7 Å². The molecule has 7 heteroatoms. The van der Waals surface area contributed by atoms with Crippen molar-refractivity contribution in [3.63, 3.8) is 0 Å². The van der Waals surface area contributed by atoms with Crippen molar-refractivity contribution in [3.05, 3.63) is 42.0 Å². The van der Waals surface area contributed by atoms with Crippen molar-refractivity contribution in [2.45, 2.75) is 11.4 Å². The van der Waals surface area contributed by atoms with Gasteiger partial charge in [0.15, 0.2) is 9.84 Å². The van der Waals surface area contributed by atoms with Gasteiger partial charge in [0.25, 0.3) is 0 Å². The molecule has 0 fully saturated rings. The van der Waals surface area contributed by atoms with E-state index in [1.807, 2.05) is 0 Å². The largest absolute Gasteiger partial charge is 0.326 e. The predicted octanol–water partition coefficient (Wildman–Crippen LogP) is 0.874. The van der Waals surface area contributed by atoms with E-state index in [0.29, 0.717) is 11.3 Å². The molecule has 0 saturated heterocycles. The van der Waals surface area contributed by atoms with E-state index in [1.54, 1.807) is 0 Å². The number of sulfone groups is 1. The highest BCUT2D eigenvalue weighted by atomic mass is 32.2. The maximum atomic E-state index is 13.1. The number of nitrogens with zero attached hydrogens (tertiary/aromatic N) is 2. The Balaban J connectivity index is 2.53. The van der Waals surface area contributed by atoms with Crippen LogP contribution < -0.4 is 5.73 Å². The Bertz CT molecular complexity index is 679. The number of halogens is 1. The lowest BCUT2D eigenvalue weighted by atomic mass is 10.2. The molecule has 0 radical (unpaired) electrons. The molecule has 0 amide bonds. The molecule has 5 nitrogen and oxygen atoms in total. The van der Waals surface area contributed by atoms with E-state index in [0.717, 1.165) is 6.26 Å². The van der Waals surface area contributed by atoms with Crippen molar-refractivity contribution in [1.29, 1.82) is 0 Å². The Labute approximate surface area is 104 Å². The van der Waals surface area contributed by atoms with Crippen LogP contribution in [0.4, 0.5) is 4.39 Å². The third-order valence-electron chi connectivity index (χ3n) is 2.50. The van der Waals surface area contributed by atoms with Gasteiger partial charge in [-0.3, -0.25) is 0 Å². The molecule has 0 saturated carbocycles. The second-order valence-corrected chi connectivity index (χ2v) is 5.89.